The number of sulfonamides is 1. The Hall–Kier alpha value is -3.43. The Labute approximate surface area is 184 Å². The number of nitrogens with zero attached hydrogens (tertiary/aromatic N) is 1. The zero-order valence-electron chi connectivity index (χ0n) is 16.5. The fraction of sp³-hybridized carbons (Fsp3) is 0.0952. The van der Waals surface area contributed by atoms with Crippen LogP contribution in [0.2, 0.25) is 5.02 Å². The number of nitrogens with one attached hydrogen (secondary N) is 2. The van der Waals surface area contributed by atoms with Gasteiger partial charge in [0.2, 0.25) is 0 Å². The highest BCUT2D eigenvalue weighted by molar-refractivity contribution is 7.92. The second-order valence-electron chi connectivity index (χ2n) is 6.77. The molecule has 0 aliphatic heterocycles. The molecule has 10 heteroatoms. The van der Waals surface area contributed by atoms with Crippen LogP contribution >= 0.6 is 11.6 Å². The second-order valence-corrected chi connectivity index (χ2v) is 8.86. The van der Waals surface area contributed by atoms with Gasteiger partial charge in [0.25, 0.3) is 21.6 Å². The van der Waals surface area contributed by atoms with E-state index in [0.717, 1.165) is 17.2 Å². The molecule has 2 N–H and O–H groups in total. The van der Waals surface area contributed by atoms with Gasteiger partial charge in [0.15, 0.2) is 0 Å². The highest BCUT2D eigenvalue weighted by atomic mass is 35.5. The van der Waals surface area contributed by atoms with Gasteiger partial charge in [-0.2, -0.15) is 0 Å². The van der Waals surface area contributed by atoms with Crippen molar-refractivity contribution < 1.29 is 18.1 Å². The van der Waals surface area contributed by atoms with Gasteiger partial charge in [-0.3, -0.25) is 19.6 Å². The molecule has 3 rings (SSSR count). The zero-order chi connectivity index (χ0) is 22.8. The molecule has 0 atom stereocenters. The van der Waals surface area contributed by atoms with E-state index in [-0.39, 0.29) is 21.2 Å². The lowest BCUT2D eigenvalue weighted by atomic mass is 10.1. The molecule has 0 fully saturated rings. The van der Waals surface area contributed by atoms with Crippen LogP contribution in [0, 0.1) is 24.0 Å². The maximum Gasteiger partial charge on any atom is 0.270 e. The second kappa shape index (κ2) is 8.75. The summed E-state index contributed by atoms with van der Waals surface area (Å²) >= 11 is 5.98. The van der Waals surface area contributed by atoms with E-state index < -0.39 is 20.9 Å². The van der Waals surface area contributed by atoms with Gasteiger partial charge in [-0.1, -0.05) is 29.8 Å². The maximum absolute atomic E-state index is 12.7. The molecule has 160 valence electrons. The van der Waals surface area contributed by atoms with Gasteiger partial charge in [-0.25, -0.2) is 8.42 Å². The van der Waals surface area contributed by atoms with Gasteiger partial charge in [-0.05, 0) is 55.3 Å². The molecular weight excluding hydrogens is 442 g/mol. The number of benzene rings is 3. The van der Waals surface area contributed by atoms with Crippen molar-refractivity contribution in [1.82, 2.24) is 0 Å². The van der Waals surface area contributed by atoms with Gasteiger partial charge in [0.05, 0.1) is 26.1 Å². The van der Waals surface area contributed by atoms with E-state index >= 15 is 0 Å². The summed E-state index contributed by atoms with van der Waals surface area (Å²) in [5.41, 5.74) is 2.07. The Morgan fingerprint density at radius 2 is 1.61 bits per heavy atom. The SMILES string of the molecule is Cc1cccc(C)c1NS(=O)(=O)c1ccc(NC(=O)c2cc([N+](=O)[O-])ccc2Cl)cc1. The average Bonchev–Trinajstić information content (AvgIpc) is 2.71. The van der Waals surface area contributed by atoms with Gasteiger partial charge >= 0.3 is 0 Å². The molecule has 3 aromatic carbocycles. The molecule has 0 aromatic heterocycles. The number of carbonyl (C=O) groups excluding carboxylic acids is 1. The first-order valence-corrected chi connectivity index (χ1v) is 10.9. The summed E-state index contributed by atoms with van der Waals surface area (Å²) in [4.78, 5) is 22.8. The largest absolute Gasteiger partial charge is 0.322 e. The topological polar surface area (TPSA) is 118 Å². The third-order valence-electron chi connectivity index (χ3n) is 4.55. The van der Waals surface area contributed by atoms with E-state index in [1.165, 1.54) is 36.4 Å². The molecule has 3 aromatic rings. The molecule has 0 saturated heterocycles. The van der Waals surface area contributed by atoms with Gasteiger partial charge in [-0.15, -0.1) is 0 Å². The smallest absolute Gasteiger partial charge is 0.270 e. The van der Waals surface area contributed by atoms with Crippen molar-refractivity contribution in [3.05, 3.63) is 92.5 Å². The fourth-order valence-electron chi connectivity index (χ4n) is 2.89. The summed E-state index contributed by atoms with van der Waals surface area (Å²) in [6.07, 6.45) is 0. The van der Waals surface area contributed by atoms with E-state index in [1.807, 2.05) is 32.0 Å². The van der Waals surface area contributed by atoms with Crippen molar-refractivity contribution in [2.24, 2.45) is 0 Å². The van der Waals surface area contributed by atoms with Crippen molar-refractivity contribution in [3.8, 4) is 0 Å². The Bertz CT molecular complexity index is 1250. The Morgan fingerprint density at radius 3 is 2.19 bits per heavy atom. The van der Waals surface area contributed by atoms with E-state index in [2.05, 4.69) is 10.0 Å². The summed E-state index contributed by atoms with van der Waals surface area (Å²) in [6, 6.07) is 14.5. The van der Waals surface area contributed by atoms with E-state index in [4.69, 9.17) is 11.6 Å². The van der Waals surface area contributed by atoms with Crippen LogP contribution in [0.5, 0.6) is 0 Å². The van der Waals surface area contributed by atoms with Crippen LogP contribution in [0.1, 0.15) is 21.5 Å². The molecule has 0 spiro atoms. The lowest BCUT2D eigenvalue weighted by molar-refractivity contribution is -0.384. The van der Waals surface area contributed by atoms with Crippen LogP contribution in [-0.4, -0.2) is 19.2 Å². The minimum Gasteiger partial charge on any atom is -0.322 e. The number of non-ortho nitro benzene ring substituents is 1. The van der Waals surface area contributed by atoms with Gasteiger partial charge in [0.1, 0.15) is 0 Å². The summed E-state index contributed by atoms with van der Waals surface area (Å²) in [6.45, 7) is 3.62. The number of nitro groups is 1. The maximum atomic E-state index is 12.7. The summed E-state index contributed by atoms with van der Waals surface area (Å²) < 4.78 is 28.0. The molecule has 0 heterocycles. The van der Waals surface area contributed by atoms with Crippen LogP contribution < -0.4 is 10.0 Å². The lowest BCUT2D eigenvalue weighted by Crippen LogP contribution is -2.15. The number of hydrogen-bond donors (Lipinski definition) is 2. The van der Waals surface area contributed by atoms with Crippen molar-refractivity contribution in [2.45, 2.75) is 18.7 Å². The highest BCUT2D eigenvalue weighted by Gasteiger charge is 2.18. The van der Waals surface area contributed by atoms with Crippen molar-refractivity contribution in [2.75, 3.05) is 10.0 Å². The van der Waals surface area contributed by atoms with Crippen LogP contribution in [-0.2, 0) is 10.0 Å². The predicted octanol–water partition coefficient (Wildman–Crippen LogP) is 4.92. The summed E-state index contributed by atoms with van der Waals surface area (Å²) in [5, 5.41) is 13.5. The van der Waals surface area contributed by atoms with Crippen LogP contribution in [0.4, 0.5) is 17.1 Å². The minimum absolute atomic E-state index is 0.0153. The van der Waals surface area contributed by atoms with E-state index in [9.17, 15) is 23.3 Å². The minimum atomic E-state index is -3.84. The number of anilines is 2. The number of hydrogen-bond acceptors (Lipinski definition) is 5. The lowest BCUT2D eigenvalue weighted by Gasteiger charge is -2.13. The number of carbonyl (C=O) groups is 1. The molecule has 0 aliphatic carbocycles. The number of amides is 1. The first kappa shape index (κ1) is 22.3. The number of rotatable bonds is 6. The van der Waals surface area contributed by atoms with E-state index in [0.29, 0.717) is 11.4 Å². The quantitative estimate of drug-likeness (QED) is 0.400. The summed E-state index contributed by atoms with van der Waals surface area (Å²) in [5.74, 6) is -0.655. The number of para-hydroxylation sites is 1. The molecule has 0 aliphatic rings. The monoisotopic (exact) mass is 459 g/mol. The third kappa shape index (κ3) is 5.01. The first-order valence-electron chi connectivity index (χ1n) is 9.03. The number of aryl methyl sites for hydroxylation is 2. The normalized spacial score (nSPS) is 11.1. The molecule has 0 unspecified atom stereocenters. The first-order chi connectivity index (χ1) is 14.6. The Morgan fingerprint density at radius 1 is 1.00 bits per heavy atom. The molecule has 8 nitrogen and oxygen atoms in total. The van der Waals surface area contributed by atoms with Crippen molar-refractivity contribution in [1.29, 1.82) is 0 Å². The van der Waals surface area contributed by atoms with Gasteiger partial charge in [0, 0.05) is 17.8 Å². The molecule has 0 radical (unpaired) electrons. The molecule has 31 heavy (non-hydrogen) atoms. The average molecular weight is 460 g/mol. The number of nitro benzene ring substituents is 1. The molecule has 0 bridgehead atoms. The molecule has 0 saturated carbocycles. The summed E-state index contributed by atoms with van der Waals surface area (Å²) in [7, 11) is -3.84. The van der Waals surface area contributed by atoms with Gasteiger partial charge < -0.3 is 5.32 Å². The standard InChI is InChI=1S/C21H18ClN3O5S/c1-13-4-3-5-14(2)20(13)24-31(29,30)17-9-6-15(7-10-17)23-21(26)18-12-16(25(27)28)8-11-19(18)22/h3-12,24H,1-2H3,(H,23,26). The third-order valence-corrected chi connectivity index (χ3v) is 6.24. The Balaban J connectivity index is 1.79. The molecular formula is C21H18ClN3O5S. The Kier molecular flexibility index (Phi) is 6.28. The van der Waals surface area contributed by atoms with E-state index in [1.54, 1.807) is 0 Å². The van der Waals surface area contributed by atoms with Crippen LogP contribution in [0.3, 0.4) is 0 Å². The van der Waals surface area contributed by atoms with Crippen molar-refractivity contribution >= 4 is 44.6 Å². The fourth-order valence-corrected chi connectivity index (χ4v) is 4.29. The molecule has 1 amide bonds. The highest BCUT2D eigenvalue weighted by Crippen LogP contribution is 2.25. The predicted molar refractivity (Wildman–Crippen MR) is 119 cm³/mol. The van der Waals surface area contributed by atoms with Crippen LogP contribution in [0.25, 0.3) is 0 Å². The number of halogens is 1. The zero-order valence-corrected chi connectivity index (χ0v) is 18.1. The van der Waals surface area contributed by atoms with Crippen LogP contribution in [0.15, 0.2) is 65.6 Å². The van der Waals surface area contributed by atoms with Crippen molar-refractivity contribution in [3.63, 3.8) is 0 Å².